The average molecular weight is 291 g/mol. The second-order valence-electron chi connectivity index (χ2n) is 4.49. The quantitative estimate of drug-likeness (QED) is 0.717. The van der Waals surface area contributed by atoms with Crippen LogP contribution in [-0.4, -0.2) is 10.2 Å². The lowest BCUT2D eigenvalue weighted by molar-refractivity contribution is 0.398. The smallest absolute Gasteiger partial charge is 0.178 e. The Morgan fingerprint density at radius 2 is 1.28 bits per heavy atom. The molecule has 0 saturated heterocycles. The first-order valence-corrected chi connectivity index (χ1v) is 7.20. The molecule has 2 N–H and O–H groups in total. The highest BCUT2D eigenvalue weighted by atomic mass is 35.5. The first-order chi connectivity index (χ1) is 8.54. The van der Waals surface area contributed by atoms with Crippen LogP contribution in [0.2, 0.25) is 10.0 Å². The molecule has 0 bridgehead atoms. The molecular weight excluding hydrogens is 271 g/mol. The Balaban J connectivity index is 3.24. The molecule has 0 amide bonds. The molecule has 0 aliphatic rings. The number of aromatic hydroxyl groups is 2. The van der Waals surface area contributed by atoms with E-state index in [1.807, 2.05) is 0 Å². The van der Waals surface area contributed by atoms with Crippen LogP contribution < -0.4 is 0 Å². The summed E-state index contributed by atoms with van der Waals surface area (Å²) in [5, 5.41) is 20.2. The molecule has 0 aromatic heterocycles. The minimum Gasteiger partial charge on any atom is -0.504 e. The van der Waals surface area contributed by atoms with E-state index >= 15 is 0 Å². The largest absolute Gasteiger partial charge is 0.504 e. The topological polar surface area (TPSA) is 40.5 Å². The summed E-state index contributed by atoms with van der Waals surface area (Å²) < 4.78 is 0. The molecule has 1 rings (SSSR count). The van der Waals surface area contributed by atoms with Gasteiger partial charge < -0.3 is 10.2 Å². The van der Waals surface area contributed by atoms with E-state index in [0.717, 1.165) is 43.2 Å². The molecule has 0 unspecified atom stereocenters. The van der Waals surface area contributed by atoms with Crippen LogP contribution in [0.5, 0.6) is 11.5 Å². The Bertz CT molecular complexity index is 378. The first kappa shape index (κ1) is 15.5. The summed E-state index contributed by atoms with van der Waals surface area (Å²) in [6, 6.07) is 0. The number of halogens is 2. The van der Waals surface area contributed by atoms with Crippen molar-refractivity contribution < 1.29 is 10.2 Å². The molecule has 4 heteroatoms. The molecule has 2 nitrogen and oxygen atoms in total. The van der Waals surface area contributed by atoms with Crippen LogP contribution in [0.4, 0.5) is 0 Å². The fourth-order valence-electron chi connectivity index (χ4n) is 2.00. The number of unbranched alkanes of at least 4 members (excludes halogenated alkanes) is 2. The Morgan fingerprint density at radius 1 is 0.778 bits per heavy atom. The van der Waals surface area contributed by atoms with Gasteiger partial charge in [-0.3, -0.25) is 0 Å². The number of benzene rings is 1. The predicted octanol–water partition coefficient (Wildman–Crippen LogP) is 5.09. The molecule has 0 atom stereocenters. The van der Waals surface area contributed by atoms with Crippen LogP contribution in [0.1, 0.15) is 50.7 Å². The molecule has 1 aromatic rings. The maximum atomic E-state index is 10.0. The Hall–Kier alpha value is -0.600. The highest BCUT2D eigenvalue weighted by Crippen LogP contribution is 2.45. The summed E-state index contributed by atoms with van der Waals surface area (Å²) in [6.07, 6.45) is 5.49. The highest BCUT2D eigenvalue weighted by Gasteiger charge is 2.20. The van der Waals surface area contributed by atoms with E-state index in [1.54, 1.807) is 0 Å². The lowest BCUT2D eigenvalue weighted by Gasteiger charge is -2.16. The third-order valence-electron chi connectivity index (χ3n) is 3.10. The number of hydrogen-bond acceptors (Lipinski definition) is 2. The molecule has 0 radical (unpaired) electrons. The monoisotopic (exact) mass is 290 g/mol. The zero-order valence-corrected chi connectivity index (χ0v) is 12.4. The fraction of sp³-hybridized carbons (Fsp3) is 0.571. The van der Waals surface area contributed by atoms with Gasteiger partial charge >= 0.3 is 0 Å². The molecule has 0 saturated carbocycles. The van der Waals surface area contributed by atoms with Crippen LogP contribution in [0.3, 0.4) is 0 Å². The van der Waals surface area contributed by atoms with Gasteiger partial charge in [0, 0.05) is 5.56 Å². The van der Waals surface area contributed by atoms with E-state index in [0.29, 0.717) is 11.4 Å². The fourth-order valence-corrected chi connectivity index (χ4v) is 2.50. The highest BCUT2D eigenvalue weighted by molar-refractivity contribution is 6.43. The minimum atomic E-state index is -0.298. The summed E-state index contributed by atoms with van der Waals surface area (Å²) in [5.74, 6) is -0.406. The summed E-state index contributed by atoms with van der Waals surface area (Å²) >= 11 is 12.1. The molecule has 0 aliphatic carbocycles. The van der Waals surface area contributed by atoms with Gasteiger partial charge in [0.2, 0.25) is 0 Å². The van der Waals surface area contributed by atoms with Crippen molar-refractivity contribution in [2.24, 2.45) is 0 Å². The van der Waals surface area contributed by atoms with Crippen molar-refractivity contribution in [1.29, 1.82) is 0 Å². The minimum absolute atomic E-state index is 0.0560. The maximum absolute atomic E-state index is 10.0. The first-order valence-electron chi connectivity index (χ1n) is 6.45. The van der Waals surface area contributed by atoms with E-state index in [4.69, 9.17) is 23.2 Å². The molecule has 0 spiro atoms. The van der Waals surface area contributed by atoms with Crippen molar-refractivity contribution in [2.45, 2.75) is 52.4 Å². The van der Waals surface area contributed by atoms with Crippen molar-refractivity contribution in [2.75, 3.05) is 0 Å². The van der Waals surface area contributed by atoms with Crippen molar-refractivity contribution in [3.63, 3.8) is 0 Å². The Labute approximate surface area is 119 Å². The summed E-state index contributed by atoms with van der Waals surface area (Å²) in [5.41, 5.74) is 1.63. The standard InChI is InChI=1S/C14H20Cl2O2/c1-3-5-7-9-10(8-6-4-2)13(17)14(18)12(16)11(9)15/h17-18H,3-8H2,1-2H3. The van der Waals surface area contributed by atoms with Gasteiger partial charge in [-0.15, -0.1) is 0 Å². The number of hydrogen-bond donors (Lipinski definition) is 2. The van der Waals surface area contributed by atoms with Crippen LogP contribution in [0, 0.1) is 0 Å². The van der Waals surface area contributed by atoms with Crippen LogP contribution in [0.25, 0.3) is 0 Å². The third kappa shape index (κ3) is 3.24. The lowest BCUT2D eigenvalue weighted by atomic mass is 9.96. The van der Waals surface area contributed by atoms with E-state index in [1.165, 1.54) is 0 Å². The van der Waals surface area contributed by atoms with Gasteiger partial charge in [-0.25, -0.2) is 0 Å². The third-order valence-corrected chi connectivity index (χ3v) is 3.98. The van der Waals surface area contributed by atoms with Crippen LogP contribution >= 0.6 is 23.2 Å². The second kappa shape index (κ2) is 7.10. The molecule has 0 fully saturated rings. The van der Waals surface area contributed by atoms with Gasteiger partial charge in [0.15, 0.2) is 11.5 Å². The Morgan fingerprint density at radius 3 is 1.78 bits per heavy atom. The summed E-state index contributed by atoms with van der Waals surface area (Å²) in [4.78, 5) is 0. The van der Waals surface area contributed by atoms with E-state index in [-0.39, 0.29) is 16.5 Å². The van der Waals surface area contributed by atoms with Gasteiger partial charge in [-0.1, -0.05) is 49.9 Å². The zero-order valence-electron chi connectivity index (χ0n) is 10.9. The second-order valence-corrected chi connectivity index (χ2v) is 5.25. The lowest BCUT2D eigenvalue weighted by Crippen LogP contribution is -1.98. The number of phenolic OH excluding ortho intramolecular Hbond substituents is 2. The molecular formula is C14H20Cl2O2. The van der Waals surface area contributed by atoms with Gasteiger partial charge in [0.1, 0.15) is 5.02 Å². The Kier molecular flexibility index (Phi) is 6.10. The molecule has 18 heavy (non-hydrogen) atoms. The van der Waals surface area contributed by atoms with E-state index < -0.39 is 0 Å². The van der Waals surface area contributed by atoms with Crippen LogP contribution in [0.15, 0.2) is 0 Å². The van der Waals surface area contributed by atoms with Crippen molar-refractivity contribution in [1.82, 2.24) is 0 Å². The summed E-state index contributed by atoms with van der Waals surface area (Å²) in [6.45, 7) is 4.18. The van der Waals surface area contributed by atoms with Crippen molar-refractivity contribution >= 4 is 23.2 Å². The number of phenols is 2. The van der Waals surface area contributed by atoms with Crippen molar-refractivity contribution in [3.05, 3.63) is 21.2 Å². The predicted molar refractivity (Wildman–Crippen MR) is 77.0 cm³/mol. The summed E-state index contributed by atoms with van der Waals surface area (Å²) in [7, 11) is 0. The van der Waals surface area contributed by atoms with Gasteiger partial charge in [0.25, 0.3) is 0 Å². The zero-order chi connectivity index (χ0) is 13.7. The van der Waals surface area contributed by atoms with Crippen LogP contribution in [-0.2, 0) is 12.8 Å². The maximum Gasteiger partial charge on any atom is 0.178 e. The molecule has 102 valence electrons. The van der Waals surface area contributed by atoms with Gasteiger partial charge in [0.05, 0.1) is 5.02 Å². The molecule has 0 aliphatic heterocycles. The molecule has 1 aromatic carbocycles. The van der Waals surface area contributed by atoms with Crippen molar-refractivity contribution in [3.8, 4) is 11.5 Å². The van der Waals surface area contributed by atoms with E-state index in [9.17, 15) is 10.2 Å². The van der Waals surface area contributed by atoms with E-state index in [2.05, 4.69) is 13.8 Å². The van der Waals surface area contributed by atoms with Gasteiger partial charge in [-0.2, -0.15) is 0 Å². The molecule has 0 heterocycles. The number of rotatable bonds is 6. The normalized spacial score (nSPS) is 10.9. The van der Waals surface area contributed by atoms with Gasteiger partial charge in [-0.05, 0) is 31.2 Å². The SMILES string of the molecule is CCCCc1c(O)c(O)c(Cl)c(Cl)c1CCCC. The average Bonchev–Trinajstić information content (AvgIpc) is 2.38.